The number of esters is 1. The second-order valence-electron chi connectivity index (χ2n) is 3.81. The van der Waals surface area contributed by atoms with E-state index in [4.69, 9.17) is 4.74 Å². The van der Waals surface area contributed by atoms with Crippen LogP contribution in [-0.2, 0) is 9.53 Å². The van der Waals surface area contributed by atoms with Crippen molar-refractivity contribution in [1.82, 2.24) is 5.32 Å². The molecule has 5 nitrogen and oxygen atoms in total. The lowest BCUT2D eigenvalue weighted by Gasteiger charge is -2.06. The molecule has 0 heterocycles. The Kier molecular flexibility index (Phi) is 5.17. The first kappa shape index (κ1) is 14.0. The van der Waals surface area contributed by atoms with Crippen molar-refractivity contribution in [3.8, 4) is 5.75 Å². The molecule has 0 radical (unpaired) electrons. The summed E-state index contributed by atoms with van der Waals surface area (Å²) in [6.07, 6.45) is 0.136. The van der Waals surface area contributed by atoms with E-state index in [0.29, 0.717) is 17.7 Å². The number of phenols is 1. The van der Waals surface area contributed by atoms with Gasteiger partial charge in [0, 0.05) is 12.1 Å². The summed E-state index contributed by atoms with van der Waals surface area (Å²) in [4.78, 5) is 22.7. The molecule has 0 bridgehead atoms. The van der Waals surface area contributed by atoms with Crippen LogP contribution in [-0.4, -0.2) is 30.1 Å². The normalized spacial score (nSPS) is 9.89. The van der Waals surface area contributed by atoms with Gasteiger partial charge in [-0.15, -0.1) is 0 Å². The minimum atomic E-state index is -0.343. The van der Waals surface area contributed by atoms with Crippen molar-refractivity contribution in [1.29, 1.82) is 0 Å². The molecule has 18 heavy (non-hydrogen) atoms. The summed E-state index contributed by atoms with van der Waals surface area (Å²) in [6, 6.07) is 4.68. The Morgan fingerprint density at radius 2 is 2.11 bits per heavy atom. The quantitative estimate of drug-likeness (QED) is 0.775. The summed E-state index contributed by atoms with van der Waals surface area (Å²) in [6.45, 7) is 4.02. The third-order valence-corrected chi connectivity index (χ3v) is 2.39. The molecule has 2 N–H and O–H groups in total. The molecule has 0 aliphatic heterocycles. The molecule has 0 saturated heterocycles. The number of amides is 1. The van der Waals surface area contributed by atoms with E-state index in [9.17, 15) is 14.7 Å². The predicted octanol–water partition coefficient (Wildman–Crippen LogP) is 1.38. The first-order valence-corrected chi connectivity index (χ1v) is 5.78. The van der Waals surface area contributed by atoms with Gasteiger partial charge in [0.1, 0.15) is 5.75 Å². The molecular weight excluding hydrogens is 234 g/mol. The van der Waals surface area contributed by atoms with Crippen LogP contribution in [0.15, 0.2) is 18.2 Å². The second-order valence-corrected chi connectivity index (χ2v) is 3.81. The van der Waals surface area contributed by atoms with E-state index in [2.05, 4.69) is 5.32 Å². The third kappa shape index (κ3) is 4.08. The standard InChI is InChI=1S/C13H17NO4/c1-3-18-12(16)6-7-14-13(17)10-5-4-9(2)11(15)8-10/h4-5,8,15H,3,6-7H2,1-2H3,(H,14,17). The smallest absolute Gasteiger partial charge is 0.307 e. The molecule has 1 rings (SSSR count). The van der Waals surface area contributed by atoms with E-state index >= 15 is 0 Å². The van der Waals surface area contributed by atoms with E-state index in [1.807, 2.05) is 0 Å². The molecular formula is C13H17NO4. The zero-order chi connectivity index (χ0) is 13.5. The van der Waals surface area contributed by atoms with Crippen LogP contribution in [0.3, 0.4) is 0 Å². The van der Waals surface area contributed by atoms with Crippen molar-refractivity contribution in [2.45, 2.75) is 20.3 Å². The minimum absolute atomic E-state index is 0.0769. The van der Waals surface area contributed by atoms with Gasteiger partial charge in [-0.25, -0.2) is 0 Å². The Morgan fingerprint density at radius 1 is 1.39 bits per heavy atom. The van der Waals surface area contributed by atoms with Crippen LogP contribution in [0.5, 0.6) is 5.75 Å². The highest BCUT2D eigenvalue weighted by Gasteiger charge is 2.08. The van der Waals surface area contributed by atoms with Crippen LogP contribution in [0.1, 0.15) is 29.3 Å². The number of phenolic OH excluding ortho intramolecular Hbond substituents is 1. The van der Waals surface area contributed by atoms with Gasteiger partial charge in [-0.2, -0.15) is 0 Å². The van der Waals surface area contributed by atoms with Crippen LogP contribution in [0.25, 0.3) is 0 Å². The monoisotopic (exact) mass is 251 g/mol. The van der Waals surface area contributed by atoms with Crippen LogP contribution in [0, 0.1) is 6.92 Å². The lowest BCUT2D eigenvalue weighted by atomic mass is 10.1. The number of rotatable bonds is 5. The molecule has 0 atom stereocenters. The third-order valence-electron chi connectivity index (χ3n) is 2.39. The molecule has 0 spiro atoms. The number of ether oxygens (including phenoxy) is 1. The second kappa shape index (κ2) is 6.64. The molecule has 0 aliphatic carbocycles. The van der Waals surface area contributed by atoms with E-state index in [-0.39, 0.29) is 30.6 Å². The topological polar surface area (TPSA) is 75.6 Å². The summed E-state index contributed by atoms with van der Waals surface area (Å²) in [5, 5.41) is 12.1. The Bertz CT molecular complexity index is 443. The number of carbonyl (C=O) groups is 2. The molecule has 98 valence electrons. The summed E-state index contributed by atoms with van der Waals surface area (Å²) < 4.78 is 4.73. The van der Waals surface area contributed by atoms with Gasteiger partial charge in [0.25, 0.3) is 5.91 Å². The molecule has 0 fully saturated rings. The minimum Gasteiger partial charge on any atom is -0.508 e. The van der Waals surface area contributed by atoms with E-state index in [0.717, 1.165) is 0 Å². The van der Waals surface area contributed by atoms with Gasteiger partial charge < -0.3 is 15.2 Å². The maximum absolute atomic E-state index is 11.7. The lowest BCUT2D eigenvalue weighted by Crippen LogP contribution is -2.26. The van der Waals surface area contributed by atoms with Gasteiger partial charge in [0.15, 0.2) is 0 Å². The van der Waals surface area contributed by atoms with Gasteiger partial charge in [-0.05, 0) is 31.5 Å². The van der Waals surface area contributed by atoms with E-state index < -0.39 is 0 Å². The van der Waals surface area contributed by atoms with Crippen LogP contribution < -0.4 is 5.32 Å². The number of carbonyl (C=O) groups excluding carboxylic acids is 2. The summed E-state index contributed by atoms with van der Waals surface area (Å²) in [5.74, 6) is -0.591. The molecule has 0 unspecified atom stereocenters. The van der Waals surface area contributed by atoms with Crippen molar-refractivity contribution < 1.29 is 19.4 Å². The molecule has 0 saturated carbocycles. The molecule has 1 aromatic rings. The molecule has 1 aromatic carbocycles. The first-order valence-electron chi connectivity index (χ1n) is 5.78. The van der Waals surface area contributed by atoms with Crippen LogP contribution in [0.4, 0.5) is 0 Å². The number of benzene rings is 1. The lowest BCUT2D eigenvalue weighted by molar-refractivity contribution is -0.142. The number of hydrogen-bond donors (Lipinski definition) is 2. The number of aryl methyl sites for hydroxylation is 1. The molecule has 1 amide bonds. The Hall–Kier alpha value is -2.04. The molecule has 0 aromatic heterocycles. The zero-order valence-corrected chi connectivity index (χ0v) is 10.5. The maximum Gasteiger partial charge on any atom is 0.307 e. The average molecular weight is 251 g/mol. The van der Waals surface area contributed by atoms with Crippen molar-refractivity contribution in [2.75, 3.05) is 13.2 Å². The Balaban J connectivity index is 2.45. The SMILES string of the molecule is CCOC(=O)CCNC(=O)c1ccc(C)c(O)c1. The van der Waals surface area contributed by atoms with Gasteiger partial charge in [-0.3, -0.25) is 9.59 Å². The highest BCUT2D eigenvalue weighted by atomic mass is 16.5. The summed E-state index contributed by atoms with van der Waals surface area (Å²) in [5.41, 5.74) is 1.07. The van der Waals surface area contributed by atoms with Crippen LogP contribution in [0.2, 0.25) is 0 Å². The number of hydrogen-bond acceptors (Lipinski definition) is 4. The molecule has 0 aliphatic rings. The van der Waals surface area contributed by atoms with Crippen molar-refractivity contribution in [3.63, 3.8) is 0 Å². The number of nitrogens with one attached hydrogen (secondary N) is 1. The fraction of sp³-hybridized carbons (Fsp3) is 0.385. The highest BCUT2D eigenvalue weighted by Crippen LogP contribution is 2.17. The van der Waals surface area contributed by atoms with E-state index in [1.54, 1.807) is 26.0 Å². The Labute approximate surface area is 106 Å². The zero-order valence-electron chi connectivity index (χ0n) is 10.5. The first-order chi connectivity index (χ1) is 8.54. The summed E-state index contributed by atoms with van der Waals surface area (Å²) in [7, 11) is 0. The van der Waals surface area contributed by atoms with Gasteiger partial charge in [-0.1, -0.05) is 6.07 Å². The largest absolute Gasteiger partial charge is 0.508 e. The van der Waals surface area contributed by atoms with Crippen molar-refractivity contribution in [3.05, 3.63) is 29.3 Å². The fourth-order valence-electron chi connectivity index (χ4n) is 1.36. The van der Waals surface area contributed by atoms with Gasteiger partial charge in [0.2, 0.25) is 0 Å². The predicted molar refractivity (Wildman–Crippen MR) is 66.4 cm³/mol. The van der Waals surface area contributed by atoms with E-state index in [1.165, 1.54) is 6.07 Å². The van der Waals surface area contributed by atoms with Crippen LogP contribution >= 0.6 is 0 Å². The van der Waals surface area contributed by atoms with Gasteiger partial charge in [0.05, 0.1) is 13.0 Å². The highest BCUT2D eigenvalue weighted by molar-refractivity contribution is 5.94. The fourth-order valence-corrected chi connectivity index (χ4v) is 1.36. The maximum atomic E-state index is 11.7. The number of aromatic hydroxyl groups is 1. The van der Waals surface area contributed by atoms with Gasteiger partial charge >= 0.3 is 5.97 Å². The average Bonchev–Trinajstić information content (AvgIpc) is 2.33. The Morgan fingerprint density at radius 3 is 2.72 bits per heavy atom. The summed E-state index contributed by atoms with van der Waals surface area (Å²) >= 11 is 0. The molecule has 5 heteroatoms. The van der Waals surface area contributed by atoms with Crippen molar-refractivity contribution >= 4 is 11.9 Å². The van der Waals surface area contributed by atoms with Crippen molar-refractivity contribution in [2.24, 2.45) is 0 Å².